The molecular weight excluding hydrogens is 200 g/mol. The van der Waals surface area contributed by atoms with Gasteiger partial charge in [0.2, 0.25) is 0 Å². The Bertz CT molecular complexity index is 472. The molecule has 0 saturated heterocycles. The number of fused-ring (bicyclic) bond motifs is 2. The van der Waals surface area contributed by atoms with Gasteiger partial charge in [-0.25, -0.2) is 0 Å². The van der Waals surface area contributed by atoms with Crippen LogP contribution in [0.4, 0.5) is 0 Å². The second-order valence-electron chi connectivity index (χ2n) is 4.43. The van der Waals surface area contributed by atoms with Gasteiger partial charge < -0.3 is 4.74 Å². The van der Waals surface area contributed by atoms with Crippen LogP contribution in [-0.4, -0.2) is 6.29 Å². The molecule has 82 valence electrons. The standard InChI is InChI=1S/C14H14O2/c15-8-10-5-6-11-9-16-14-4-2-1-3-12(14)13(11)7-10/h5-8H,1-4,9H2. The normalized spacial score (nSPS) is 18.5. The van der Waals surface area contributed by atoms with E-state index in [0.29, 0.717) is 6.61 Å². The summed E-state index contributed by atoms with van der Waals surface area (Å²) in [5.41, 5.74) is 4.55. The first-order valence-electron chi connectivity index (χ1n) is 5.82. The average molecular weight is 214 g/mol. The topological polar surface area (TPSA) is 26.3 Å². The predicted molar refractivity (Wildman–Crippen MR) is 62.0 cm³/mol. The Balaban J connectivity index is 2.13. The van der Waals surface area contributed by atoms with E-state index in [1.807, 2.05) is 18.2 Å². The fourth-order valence-corrected chi connectivity index (χ4v) is 2.56. The van der Waals surface area contributed by atoms with E-state index in [0.717, 1.165) is 30.5 Å². The fourth-order valence-electron chi connectivity index (χ4n) is 2.56. The molecule has 0 unspecified atom stereocenters. The van der Waals surface area contributed by atoms with Crippen LogP contribution >= 0.6 is 0 Å². The van der Waals surface area contributed by atoms with E-state index in [9.17, 15) is 4.79 Å². The van der Waals surface area contributed by atoms with E-state index in [1.165, 1.54) is 29.5 Å². The van der Waals surface area contributed by atoms with Gasteiger partial charge in [0.05, 0.1) is 0 Å². The molecular formula is C14H14O2. The number of benzene rings is 1. The lowest BCUT2D eigenvalue weighted by atomic mass is 9.87. The molecule has 1 heterocycles. The first-order chi connectivity index (χ1) is 7.88. The summed E-state index contributed by atoms with van der Waals surface area (Å²) in [6.45, 7) is 0.660. The van der Waals surface area contributed by atoms with Crippen molar-refractivity contribution in [3.8, 4) is 0 Å². The van der Waals surface area contributed by atoms with E-state index < -0.39 is 0 Å². The quantitative estimate of drug-likeness (QED) is 0.670. The maximum absolute atomic E-state index is 10.8. The third kappa shape index (κ3) is 1.45. The summed E-state index contributed by atoms with van der Waals surface area (Å²) in [6.07, 6.45) is 5.51. The van der Waals surface area contributed by atoms with Crippen molar-refractivity contribution >= 4 is 11.9 Å². The lowest BCUT2D eigenvalue weighted by Crippen LogP contribution is -2.11. The van der Waals surface area contributed by atoms with E-state index in [2.05, 4.69) is 0 Å². The van der Waals surface area contributed by atoms with E-state index >= 15 is 0 Å². The van der Waals surface area contributed by atoms with E-state index in [-0.39, 0.29) is 0 Å². The molecule has 16 heavy (non-hydrogen) atoms. The van der Waals surface area contributed by atoms with Gasteiger partial charge in [0.1, 0.15) is 18.7 Å². The Morgan fingerprint density at radius 1 is 1.19 bits per heavy atom. The first kappa shape index (κ1) is 9.64. The van der Waals surface area contributed by atoms with Crippen molar-refractivity contribution in [1.82, 2.24) is 0 Å². The number of carbonyl (C=O) groups is 1. The molecule has 2 heteroatoms. The summed E-state index contributed by atoms with van der Waals surface area (Å²) in [7, 11) is 0. The van der Waals surface area contributed by atoms with Crippen LogP contribution in [0, 0.1) is 0 Å². The number of ether oxygens (including phenoxy) is 1. The fraction of sp³-hybridized carbons (Fsp3) is 0.357. The van der Waals surface area contributed by atoms with Gasteiger partial charge in [-0.2, -0.15) is 0 Å². The highest BCUT2D eigenvalue weighted by Gasteiger charge is 2.22. The zero-order chi connectivity index (χ0) is 11.0. The lowest BCUT2D eigenvalue weighted by molar-refractivity contribution is 0.112. The second-order valence-corrected chi connectivity index (χ2v) is 4.43. The molecule has 1 aliphatic carbocycles. The van der Waals surface area contributed by atoms with E-state index in [1.54, 1.807) is 0 Å². The van der Waals surface area contributed by atoms with Crippen LogP contribution in [0.15, 0.2) is 24.0 Å². The molecule has 0 amide bonds. The van der Waals surface area contributed by atoms with Gasteiger partial charge in [0.15, 0.2) is 0 Å². The SMILES string of the molecule is O=Cc1ccc2c(c1)C1=C(CCCC1)OC2. The molecule has 2 nitrogen and oxygen atoms in total. The zero-order valence-corrected chi connectivity index (χ0v) is 9.16. The van der Waals surface area contributed by atoms with Crippen LogP contribution in [0.1, 0.15) is 47.2 Å². The molecule has 0 aromatic heterocycles. The molecule has 3 rings (SSSR count). The zero-order valence-electron chi connectivity index (χ0n) is 9.16. The van der Waals surface area contributed by atoms with Crippen molar-refractivity contribution in [3.63, 3.8) is 0 Å². The largest absolute Gasteiger partial charge is 0.493 e. The summed E-state index contributed by atoms with van der Waals surface area (Å²) in [5.74, 6) is 1.15. The molecule has 0 radical (unpaired) electrons. The maximum atomic E-state index is 10.8. The highest BCUT2D eigenvalue weighted by atomic mass is 16.5. The van der Waals surface area contributed by atoms with Crippen molar-refractivity contribution < 1.29 is 9.53 Å². The van der Waals surface area contributed by atoms with Crippen molar-refractivity contribution in [2.24, 2.45) is 0 Å². The minimum Gasteiger partial charge on any atom is -0.493 e. The Hall–Kier alpha value is -1.57. The van der Waals surface area contributed by atoms with Gasteiger partial charge >= 0.3 is 0 Å². The van der Waals surface area contributed by atoms with Crippen molar-refractivity contribution in [2.75, 3.05) is 0 Å². The molecule has 2 aliphatic rings. The molecule has 0 saturated carbocycles. The summed E-state index contributed by atoms with van der Waals surface area (Å²) in [6, 6.07) is 5.88. The molecule has 0 fully saturated rings. The smallest absolute Gasteiger partial charge is 0.150 e. The van der Waals surface area contributed by atoms with Crippen LogP contribution < -0.4 is 0 Å². The number of hydrogen-bond acceptors (Lipinski definition) is 2. The maximum Gasteiger partial charge on any atom is 0.150 e. The van der Waals surface area contributed by atoms with Crippen LogP contribution in [0.3, 0.4) is 0 Å². The van der Waals surface area contributed by atoms with Crippen molar-refractivity contribution in [2.45, 2.75) is 32.3 Å². The van der Waals surface area contributed by atoms with Gasteiger partial charge in [-0.3, -0.25) is 4.79 Å². The third-order valence-corrected chi connectivity index (χ3v) is 3.41. The first-order valence-corrected chi connectivity index (χ1v) is 5.82. The average Bonchev–Trinajstić information content (AvgIpc) is 2.38. The molecule has 1 aliphatic heterocycles. The molecule has 1 aromatic carbocycles. The van der Waals surface area contributed by atoms with Gasteiger partial charge in [0, 0.05) is 12.0 Å². The summed E-state index contributed by atoms with van der Waals surface area (Å²) < 4.78 is 5.77. The van der Waals surface area contributed by atoms with Crippen LogP contribution in [0.5, 0.6) is 0 Å². The van der Waals surface area contributed by atoms with Crippen molar-refractivity contribution in [3.05, 3.63) is 40.6 Å². The Kier molecular flexibility index (Phi) is 2.28. The summed E-state index contributed by atoms with van der Waals surface area (Å²) in [4.78, 5) is 10.8. The summed E-state index contributed by atoms with van der Waals surface area (Å²) in [5, 5.41) is 0. The molecule has 1 aromatic rings. The Morgan fingerprint density at radius 3 is 2.94 bits per heavy atom. The van der Waals surface area contributed by atoms with Gasteiger partial charge in [-0.1, -0.05) is 12.1 Å². The van der Waals surface area contributed by atoms with Gasteiger partial charge in [-0.15, -0.1) is 0 Å². The van der Waals surface area contributed by atoms with Gasteiger partial charge in [0.25, 0.3) is 0 Å². The molecule has 0 N–H and O–H groups in total. The highest BCUT2D eigenvalue weighted by molar-refractivity contribution is 5.80. The van der Waals surface area contributed by atoms with E-state index in [4.69, 9.17) is 4.74 Å². The highest BCUT2D eigenvalue weighted by Crippen LogP contribution is 2.38. The molecule has 0 spiro atoms. The van der Waals surface area contributed by atoms with Crippen LogP contribution in [0.2, 0.25) is 0 Å². The number of hydrogen-bond donors (Lipinski definition) is 0. The minimum absolute atomic E-state index is 0.660. The van der Waals surface area contributed by atoms with Crippen LogP contribution in [0.25, 0.3) is 5.57 Å². The van der Waals surface area contributed by atoms with Crippen molar-refractivity contribution in [1.29, 1.82) is 0 Å². The molecule has 0 bridgehead atoms. The lowest BCUT2D eigenvalue weighted by Gasteiger charge is -2.27. The Labute approximate surface area is 94.9 Å². The second kappa shape index (κ2) is 3.78. The third-order valence-electron chi connectivity index (χ3n) is 3.41. The molecule has 0 atom stereocenters. The minimum atomic E-state index is 0.660. The number of carbonyl (C=O) groups excluding carboxylic acids is 1. The number of aldehydes is 1. The monoisotopic (exact) mass is 214 g/mol. The van der Waals surface area contributed by atoms with Gasteiger partial charge in [-0.05, 0) is 42.0 Å². The predicted octanol–water partition coefficient (Wildman–Crippen LogP) is 3.31. The number of rotatable bonds is 1. The number of allylic oxidation sites excluding steroid dienone is 2. The Morgan fingerprint density at radius 2 is 2.06 bits per heavy atom. The summed E-state index contributed by atoms with van der Waals surface area (Å²) >= 11 is 0. The van der Waals surface area contributed by atoms with Crippen LogP contribution in [-0.2, 0) is 11.3 Å².